The molecule has 0 radical (unpaired) electrons. The van der Waals surface area contributed by atoms with Crippen molar-refractivity contribution in [1.29, 1.82) is 0 Å². The second kappa shape index (κ2) is 3.62. The molecule has 0 aromatic carbocycles. The molecular weight excluding hydrogens is 222 g/mol. The van der Waals surface area contributed by atoms with Gasteiger partial charge in [-0.05, 0) is 29.6 Å². The Morgan fingerprint density at radius 3 is 3.00 bits per heavy atom. The summed E-state index contributed by atoms with van der Waals surface area (Å²) < 4.78 is 1.76. The van der Waals surface area contributed by atoms with E-state index in [-0.39, 0.29) is 5.56 Å². The van der Waals surface area contributed by atoms with Crippen molar-refractivity contribution in [3.63, 3.8) is 0 Å². The largest absolute Gasteiger partial charge is 0.283 e. The lowest BCUT2D eigenvalue weighted by molar-refractivity contribution is 0.613. The maximum atomic E-state index is 11.3. The quantitative estimate of drug-likeness (QED) is 0.720. The van der Waals surface area contributed by atoms with Crippen molar-refractivity contribution in [2.75, 3.05) is 0 Å². The van der Waals surface area contributed by atoms with Gasteiger partial charge in [-0.3, -0.25) is 9.79 Å². The predicted molar refractivity (Wildman–Crippen MR) is 51.1 cm³/mol. The van der Waals surface area contributed by atoms with Crippen molar-refractivity contribution >= 4 is 28.3 Å². The van der Waals surface area contributed by atoms with Gasteiger partial charge in [0.1, 0.15) is 10.2 Å². The lowest BCUT2D eigenvalue weighted by Gasteiger charge is -2.01. The zero-order chi connectivity index (χ0) is 9.14. The normalized spacial score (nSPS) is 9.83. The van der Waals surface area contributed by atoms with Crippen molar-refractivity contribution in [1.82, 2.24) is 9.78 Å². The number of hydrogen-bond donors (Lipinski definition) is 0. The summed E-state index contributed by atoms with van der Waals surface area (Å²) in [5.74, 6) is 0. The Labute approximate surface area is 78.1 Å². The van der Waals surface area contributed by atoms with Gasteiger partial charge < -0.3 is 0 Å². The molecule has 1 heterocycles. The Balaban J connectivity index is 3.40. The van der Waals surface area contributed by atoms with Crippen LogP contribution in [0.4, 0.5) is 5.69 Å². The van der Waals surface area contributed by atoms with E-state index < -0.39 is 0 Å². The van der Waals surface area contributed by atoms with Gasteiger partial charge in [0.2, 0.25) is 0 Å². The first kappa shape index (κ1) is 9.12. The monoisotopic (exact) mass is 229 g/mol. The van der Waals surface area contributed by atoms with Crippen LogP contribution in [-0.2, 0) is 6.54 Å². The van der Waals surface area contributed by atoms with E-state index >= 15 is 0 Å². The zero-order valence-corrected chi connectivity index (χ0v) is 8.21. The summed E-state index contributed by atoms with van der Waals surface area (Å²) in [7, 11) is 0. The van der Waals surface area contributed by atoms with E-state index in [2.05, 4.69) is 32.7 Å². The average Bonchev–Trinajstić information content (AvgIpc) is 2.10. The molecule has 0 unspecified atom stereocenters. The summed E-state index contributed by atoms with van der Waals surface area (Å²) in [5, 5.41) is 3.87. The van der Waals surface area contributed by atoms with E-state index in [1.54, 1.807) is 0 Å². The first-order valence-electron chi connectivity index (χ1n) is 3.43. The van der Waals surface area contributed by atoms with Crippen molar-refractivity contribution in [3.05, 3.63) is 21.0 Å². The van der Waals surface area contributed by atoms with Crippen LogP contribution in [0.25, 0.3) is 0 Å². The molecule has 0 bridgehead atoms. The highest BCUT2D eigenvalue weighted by Crippen LogP contribution is 2.18. The van der Waals surface area contributed by atoms with Gasteiger partial charge in [0, 0.05) is 6.54 Å². The second-order valence-corrected chi connectivity index (χ2v) is 2.92. The van der Waals surface area contributed by atoms with Gasteiger partial charge in [-0.2, -0.15) is 5.10 Å². The minimum atomic E-state index is -0.178. The molecule has 0 amide bonds. The second-order valence-electron chi connectivity index (χ2n) is 2.12. The molecule has 0 atom stereocenters. The number of halogens is 1. The topological polar surface area (TPSA) is 47.2 Å². The highest BCUT2D eigenvalue weighted by Gasteiger charge is 2.04. The highest BCUT2D eigenvalue weighted by atomic mass is 79.9. The van der Waals surface area contributed by atoms with Crippen LogP contribution in [-0.4, -0.2) is 16.5 Å². The van der Waals surface area contributed by atoms with Gasteiger partial charge in [0.05, 0.1) is 6.20 Å². The van der Waals surface area contributed by atoms with Crippen LogP contribution in [0.15, 0.2) is 20.5 Å². The highest BCUT2D eigenvalue weighted by molar-refractivity contribution is 9.10. The van der Waals surface area contributed by atoms with Crippen molar-refractivity contribution in [3.8, 4) is 0 Å². The van der Waals surface area contributed by atoms with E-state index in [9.17, 15) is 4.79 Å². The first-order valence-corrected chi connectivity index (χ1v) is 4.22. The molecule has 4 nitrogen and oxygen atoms in total. The third-order valence-electron chi connectivity index (χ3n) is 1.44. The first-order chi connectivity index (χ1) is 5.70. The molecule has 0 saturated heterocycles. The third kappa shape index (κ3) is 1.45. The molecule has 0 aliphatic carbocycles. The maximum absolute atomic E-state index is 11.3. The van der Waals surface area contributed by atoms with Gasteiger partial charge in [0.25, 0.3) is 5.56 Å². The van der Waals surface area contributed by atoms with E-state index in [0.717, 1.165) is 0 Å². The minimum Gasteiger partial charge on any atom is -0.266 e. The molecule has 64 valence electrons. The summed E-state index contributed by atoms with van der Waals surface area (Å²) in [6.45, 7) is 5.72. The van der Waals surface area contributed by atoms with Gasteiger partial charge >= 0.3 is 0 Å². The fraction of sp³-hybridized carbons (Fsp3) is 0.286. The van der Waals surface area contributed by atoms with E-state index in [0.29, 0.717) is 16.7 Å². The van der Waals surface area contributed by atoms with Crippen LogP contribution in [0.2, 0.25) is 0 Å². The Morgan fingerprint density at radius 2 is 2.50 bits per heavy atom. The summed E-state index contributed by atoms with van der Waals surface area (Å²) in [6, 6.07) is 0. The molecule has 0 N–H and O–H groups in total. The molecule has 0 saturated carbocycles. The molecule has 0 aliphatic rings. The molecule has 5 heteroatoms. The summed E-state index contributed by atoms with van der Waals surface area (Å²) >= 11 is 3.12. The predicted octanol–water partition coefficient (Wildman–Crippen LogP) is 1.36. The van der Waals surface area contributed by atoms with Crippen molar-refractivity contribution in [2.45, 2.75) is 13.5 Å². The third-order valence-corrected chi connectivity index (χ3v) is 2.18. The lowest BCUT2D eigenvalue weighted by atomic mass is 10.5. The van der Waals surface area contributed by atoms with Gasteiger partial charge in [0.15, 0.2) is 0 Å². The van der Waals surface area contributed by atoms with Gasteiger partial charge in [-0.25, -0.2) is 4.68 Å². The van der Waals surface area contributed by atoms with Crippen LogP contribution in [0, 0.1) is 0 Å². The Hall–Kier alpha value is -0.970. The standard InChI is InChI=1S/C7H8BrN3O/c1-3-11-7(12)6(8)5(9-2)4-10-11/h4H,2-3H2,1H3. The van der Waals surface area contributed by atoms with Crippen LogP contribution in [0.3, 0.4) is 0 Å². The van der Waals surface area contributed by atoms with Crippen molar-refractivity contribution in [2.24, 2.45) is 4.99 Å². The molecule has 0 aliphatic heterocycles. The number of aryl methyl sites for hydroxylation is 1. The molecular formula is C7H8BrN3O. The van der Waals surface area contributed by atoms with Gasteiger partial charge in [-0.15, -0.1) is 0 Å². The van der Waals surface area contributed by atoms with Crippen LogP contribution in [0.1, 0.15) is 6.92 Å². The molecule has 1 aromatic rings. The van der Waals surface area contributed by atoms with Crippen molar-refractivity contribution < 1.29 is 0 Å². The van der Waals surface area contributed by atoms with Crippen LogP contribution in [0.5, 0.6) is 0 Å². The molecule has 12 heavy (non-hydrogen) atoms. The van der Waals surface area contributed by atoms with Crippen LogP contribution < -0.4 is 5.56 Å². The van der Waals surface area contributed by atoms with E-state index in [4.69, 9.17) is 0 Å². The molecule has 0 spiro atoms. The smallest absolute Gasteiger partial charge is 0.266 e. The maximum Gasteiger partial charge on any atom is 0.283 e. The molecule has 1 aromatic heterocycles. The number of hydrogen-bond acceptors (Lipinski definition) is 3. The summed E-state index contributed by atoms with van der Waals surface area (Å²) in [5.41, 5.74) is 0.298. The average molecular weight is 230 g/mol. The SMILES string of the molecule is C=Nc1cnn(CC)c(=O)c1Br. The summed E-state index contributed by atoms with van der Waals surface area (Å²) in [4.78, 5) is 15.0. The fourth-order valence-corrected chi connectivity index (χ4v) is 1.22. The minimum absolute atomic E-state index is 0.178. The molecule has 0 fully saturated rings. The number of aliphatic imine (C=N–C) groups is 1. The zero-order valence-electron chi connectivity index (χ0n) is 6.62. The Bertz CT molecular complexity index is 358. The summed E-state index contributed by atoms with van der Waals surface area (Å²) in [6.07, 6.45) is 1.50. The Kier molecular flexibility index (Phi) is 2.75. The molecule has 1 rings (SSSR count). The number of nitrogens with zero attached hydrogens (tertiary/aromatic N) is 3. The van der Waals surface area contributed by atoms with Crippen LogP contribution >= 0.6 is 15.9 Å². The fourth-order valence-electron chi connectivity index (χ4n) is 0.792. The Morgan fingerprint density at radius 1 is 1.83 bits per heavy atom. The number of aromatic nitrogens is 2. The lowest BCUT2D eigenvalue weighted by Crippen LogP contribution is -2.21. The number of rotatable bonds is 2. The van der Waals surface area contributed by atoms with E-state index in [1.165, 1.54) is 10.9 Å². The van der Waals surface area contributed by atoms with E-state index in [1.807, 2.05) is 6.92 Å². The van der Waals surface area contributed by atoms with Gasteiger partial charge in [-0.1, -0.05) is 0 Å².